The summed E-state index contributed by atoms with van der Waals surface area (Å²) in [5, 5.41) is 12.4. The van der Waals surface area contributed by atoms with Gasteiger partial charge in [0.1, 0.15) is 5.82 Å². The minimum atomic E-state index is -0.201. The molecule has 2 aromatic rings. The summed E-state index contributed by atoms with van der Waals surface area (Å²) in [5.74, 6) is 1.10. The fraction of sp³-hybridized carbons (Fsp3) is 0.333. The van der Waals surface area contributed by atoms with E-state index in [1.54, 1.807) is 30.5 Å². The molecule has 2 heterocycles. The second kappa shape index (κ2) is 7.85. The molecule has 0 unspecified atom stereocenters. The van der Waals surface area contributed by atoms with Gasteiger partial charge in [0.25, 0.3) is 5.91 Å². The van der Waals surface area contributed by atoms with Gasteiger partial charge in [0.05, 0.1) is 25.9 Å². The molecule has 7 heteroatoms. The third kappa shape index (κ3) is 4.19. The molecule has 0 aliphatic carbocycles. The van der Waals surface area contributed by atoms with E-state index in [1.165, 1.54) is 7.11 Å². The van der Waals surface area contributed by atoms with Gasteiger partial charge in [0.15, 0.2) is 11.5 Å². The van der Waals surface area contributed by atoms with E-state index < -0.39 is 0 Å². The summed E-state index contributed by atoms with van der Waals surface area (Å²) < 4.78 is 10.4. The number of methoxy groups -OCH3 is 1. The van der Waals surface area contributed by atoms with Crippen LogP contribution in [0.25, 0.3) is 0 Å². The van der Waals surface area contributed by atoms with Gasteiger partial charge in [-0.15, -0.1) is 0 Å². The van der Waals surface area contributed by atoms with Crippen molar-refractivity contribution in [3.63, 3.8) is 0 Å². The number of carbonyl (C=O) groups is 1. The van der Waals surface area contributed by atoms with E-state index >= 15 is 0 Å². The second-order valence-corrected chi connectivity index (χ2v) is 5.69. The highest BCUT2D eigenvalue weighted by molar-refractivity contribution is 5.94. The smallest absolute Gasteiger partial charge is 0.253 e. The molecule has 3 rings (SSSR count). The number of carbonyl (C=O) groups excluding carboxylic acids is 1. The third-order valence-corrected chi connectivity index (χ3v) is 4.04. The zero-order valence-corrected chi connectivity index (χ0v) is 14.1. The van der Waals surface area contributed by atoms with E-state index in [4.69, 9.17) is 9.47 Å². The standard InChI is InChI=1S/C18H21N3O4/c1-24-16-10-13(2-4-15(16)22)11-20-18(23)14-3-5-17(19-12-14)21-6-8-25-9-7-21/h2-5,10,12,22H,6-9,11H2,1H3,(H,20,23). The Morgan fingerprint density at radius 2 is 2.12 bits per heavy atom. The van der Waals surface area contributed by atoms with Gasteiger partial charge in [-0.05, 0) is 29.8 Å². The van der Waals surface area contributed by atoms with Crippen molar-refractivity contribution >= 4 is 11.7 Å². The highest BCUT2D eigenvalue weighted by atomic mass is 16.5. The quantitative estimate of drug-likeness (QED) is 0.857. The lowest BCUT2D eigenvalue weighted by molar-refractivity contribution is 0.0950. The normalized spacial score (nSPS) is 14.2. The fourth-order valence-electron chi connectivity index (χ4n) is 2.62. The number of hydrogen-bond acceptors (Lipinski definition) is 6. The molecule has 0 bridgehead atoms. The average Bonchev–Trinajstić information content (AvgIpc) is 2.68. The minimum absolute atomic E-state index is 0.0699. The van der Waals surface area contributed by atoms with Crippen molar-refractivity contribution in [3.8, 4) is 11.5 Å². The van der Waals surface area contributed by atoms with Gasteiger partial charge >= 0.3 is 0 Å². The van der Waals surface area contributed by atoms with E-state index in [1.807, 2.05) is 6.07 Å². The Morgan fingerprint density at radius 3 is 2.80 bits per heavy atom. The second-order valence-electron chi connectivity index (χ2n) is 5.69. The average molecular weight is 343 g/mol. The molecule has 0 atom stereocenters. The summed E-state index contributed by atoms with van der Waals surface area (Å²) in [6, 6.07) is 8.58. The van der Waals surface area contributed by atoms with Crippen molar-refractivity contribution in [1.29, 1.82) is 0 Å². The van der Waals surface area contributed by atoms with Crippen LogP contribution in [-0.2, 0) is 11.3 Å². The van der Waals surface area contributed by atoms with E-state index in [0.29, 0.717) is 31.1 Å². The van der Waals surface area contributed by atoms with Crippen molar-refractivity contribution in [3.05, 3.63) is 47.7 Å². The zero-order chi connectivity index (χ0) is 17.6. The van der Waals surface area contributed by atoms with Crippen molar-refractivity contribution < 1.29 is 19.4 Å². The first-order valence-corrected chi connectivity index (χ1v) is 8.10. The SMILES string of the molecule is COc1cc(CNC(=O)c2ccc(N3CCOCC3)nc2)ccc1O. The number of phenols is 1. The summed E-state index contributed by atoms with van der Waals surface area (Å²) in [4.78, 5) is 18.8. The van der Waals surface area contributed by atoms with Gasteiger partial charge < -0.3 is 24.8 Å². The monoisotopic (exact) mass is 343 g/mol. The van der Waals surface area contributed by atoms with Gasteiger partial charge in [-0.3, -0.25) is 4.79 Å². The van der Waals surface area contributed by atoms with Crippen LogP contribution in [0.2, 0.25) is 0 Å². The van der Waals surface area contributed by atoms with Gasteiger partial charge in [0, 0.05) is 25.8 Å². The molecule has 0 saturated carbocycles. The molecule has 0 spiro atoms. The molecule has 2 N–H and O–H groups in total. The van der Waals surface area contributed by atoms with Crippen LogP contribution in [-0.4, -0.2) is 49.4 Å². The molecule has 1 aliphatic heterocycles. The molecular weight excluding hydrogens is 322 g/mol. The van der Waals surface area contributed by atoms with E-state index in [0.717, 1.165) is 24.5 Å². The predicted molar refractivity (Wildman–Crippen MR) is 93.1 cm³/mol. The Morgan fingerprint density at radius 1 is 1.32 bits per heavy atom. The van der Waals surface area contributed by atoms with Crippen LogP contribution in [0.3, 0.4) is 0 Å². The number of morpholine rings is 1. The van der Waals surface area contributed by atoms with Gasteiger partial charge in [0.2, 0.25) is 0 Å². The molecule has 1 aliphatic rings. The van der Waals surface area contributed by atoms with Gasteiger partial charge in [-0.25, -0.2) is 4.98 Å². The summed E-state index contributed by atoms with van der Waals surface area (Å²) >= 11 is 0. The molecule has 1 aromatic heterocycles. The number of rotatable bonds is 5. The molecule has 7 nitrogen and oxygen atoms in total. The number of nitrogens with zero attached hydrogens (tertiary/aromatic N) is 2. The van der Waals surface area contributed by atoms with Crippen LogP contribution >= 0.6 is 0 Å². The van der Waals surface area contributed by atoms with Crippen LogP contribution < -0.4 is 15.0 Å². The van der Waals surface area contributed by atoms with E-state index in [9.17, 15) is 9.90 Å². The molecule has 132 valence electrons. The first kappa shape index (κ1) is 17.0. The largest absolute Gasteiger partial charge is 0.504 e. The maximum atomic E-state index is 12.3. The predicted octanol–water partition coefficient (Wildman–Crippen LogP) is 1.56. The number of hydrogen-bond donors (Lipinski definition) is 2. The molecule has 1 amide bonds. The number of pyridine rings is 1. The Hall–Kier alpha value is -2.80. The third-order valence-electron chi connectivity index (χ3n) is 4.04. The highest BCUT2D eigenvalue weighted by Crippen LogP contribution is 2.26. The lowest BCUT2D eigenvalue weighted by atomic mass is 10.2. The van der Waals surface area contributed by atoms with Crippen molar-refractivity contribution in [2.75, 3.05) is 38.3 Å². The molecular formula is C18H21N3O4. The number of anilines is 1. The van der Waals surface area contributed by atoms with Crippen LogP contribution in [0.5, 0.6) is 11.5 Å². The van der Waals surface area contributed by atoms with Crippen molar-refractivity contribution in [2.45, 2.75) is 6.54 Å². The number of nitrogens with one attached hydrogen (secondary N) is 1. The number of ether oxygens (including phenoxy) is 2. The molecule has 1 fully saturated rings. The molecule has 1 saturated heterocycles. The molecule has 1 aromatic carbocycles. The van der Waals surface area contributed by atoms with E-state index in [-0.39, 0.29) is 11.7 Å². The van der Waals surface area contributed by atoms with Crippen LogP contribution in [0.15, 0.2) is 36.5 Å². The van der Waals surface area contributed by atoms with E-state index in [2.05, 4.69) is 15.2 Å². The van der Waals surface area contributed by atoms with Crippen molar-refractivity contribution in [2.24, 2.45) is 0 Å². The number of phenolic OH excluding ortho intramolecular Hbond substituents is 1. The Balaban J connectivity index is 1.59. The lowest BCUT2D eigenvalue weighted by Crippen LogP contribution is -2.36. The highest BCUT2D eigenvalue weighted by Gasteiger charge is 2.13. The zero-order valence-electron chi connectivity index (χ0n) is 14.1. The van der Waals surface area contributed by atoms with Crippen LogP contribution in [0.1, 0.15) is 15.9 Å². The fourth-order valence-corrected chi connectivity index (χ4v) is 2.62. The topological polar surface area (TPSA) is 83.9 Å². The van der Waals surface area contributed by atoms with Gasteiger partial charge in [-0.1, -0.05) is 6.07 Å². The van der Waals surface area contributed by atoms with Crippen LogP contribution in [0.4, 0.5) is 5.82 Å². The van der Waals surface area contributed by atoms with Crippen LogP contribution in [0, 0.1) is 0 Å². The number of benzene rings is 1. The summed E-state index contributed by atoms with van der Waals surface area (Å²) in [7, 11) is 1.49. The maximum Gasteiger partial charge on any atom is 0.253 e. The van der Waals surface area contributed by atoms with Crippen molar-refractivity contribution in [1.82, 2.24) is 10.3 Å². The Labute approximate surface area is 146 Å². The number of amides is 1. The first-order valence-electron chi connectivity index (χ1n) is 8.10. The lowest BCUT2D eigenvalue weighted by Gasteiger charge is -2.27. The minimum Gasteiger partial charge on any atom is -0.504 e. The Bertz CT molecular complexity index is 728. The first-order chi connectivity index (χ1) is 12.2. The molecule has 0 radical (unpaired) electrons. The summed E-state index contributed by atoms with van der Waals surface area (Å²) in [6.45, 7) is 3.34. The summed E-state index contributed by atoms with van der Waals surface area (Å²) in [6.07, 6.45) is 1.58. The number of aromatic nitrogens is 1. The van der Waals surface area contributed by atoms with Gasteiger partial charge in [-0.2, -0.15) is 0 Å². The summed E-state index contributed by atoms with van der Waals surface area (Å²) in [5.41, 5.74) is 1.34. The maximum absolute atomic E-state index is 12.3. The molecule has 25 heavy (non-hydrogen) atoms. The number of aromatic hydroxyl groups is 1. The Kier molecular flexibility index (Phi) is 5.35.